The number of rotatable bonds is 3. The van der Waals surface area contributed by atoms with Crippen molar-refractivity contribution in [1.82, 2.24) is 4.90 Å². The van der Waals surface area contributed by atoms with Gasteiger partial charge in [0.2, 0.25) is 0 Å². The van der Waals surface area contributed by atoms with Crippen molar-refractivity contribution in [1.29, 1.82) is 0 Å². The first-order valence-electron chi connectivity index (χ1n) is 10.9. The Bertz CT molecular complexity index is 1010. The van der Waals surface area contributed by atoms with Gasteiger partial charge in [0.25, 0.3) is 0 Å². The Kier molecular flexibility index (Phi) is 5.08. The summed E-state index contributed by atoms with van der Waals surface area (Å²) in [6.45, 7) is 5.36. The van der Waals surface area contributed by atoms with Crippen LogP contribution in [0.2, 0.25) is 0 Å². The molecule has 1 aliphatic carbocycles. The number of fused-ring (bicyclic) bond motifs is 2. The van der Waals surface area contributed by atoms with Crippen LogP contribution in [0.15, 0.2) is 48.0 Å². The molecule has 5 rings (SSSR count). The molecular formula is C26H27F2NO. The standard InChI is InChI=1S/C26H27F2NO/c1-3-6-17-12-23(27)25(24(28)13-17)26-22-14-18-7-4-5-8-20(18)21(22)11-16(2)29(26)19-9-10-30-15-19/h3-8,12-13,16,19,26H,9-11,14-15H2,1-2H3/b6-3+/t16-,19+,26+/m1/s1. The van der Waals surface area contributed by atoms with Crippen molar-refractivity contribution < 1.29 is 13.5 Å². The SMILES string of the molecule is C/C=C/c1cc(F)c([C@@H]2C3=C(C[C@@H](C)N2[C@H]2CCOC2)c2ccccc2C3)c(F)c1. The highest BCUT2D eigenvalue weighted by molar-refractivity contribution is 5.79. The first kappa shape index (κ1) is 19.7. The Morgan fingerprint density at radius 1 is 1.13 bits per heavy atom. The minimum atomic E-state index is -0.464. The van der Waals surface area contributed by atoms with Crippen LogP contribution in [0.3, 0.4) is 0 Å². The molecule has 156 valence electrons. The average Bonchev–Trinajstić information content (AvgIpc) is 3.36. The molecule has 2 aromatic carbocycles. The molecule has 2 aromatic rings. The van der Waals surface area contributed by atoms with Gasteiger partial charge in [0, 0.05) is 24.3 Å². The van der Waals surface area contributed by atoms with Crippen LogP contribution in [0, 0.1) is 11.6 Å². The molecule has 2 aliphatic heterocycles. The van der Waals surface area contributed by atoms with E-state index >= 15 is 8.78 Å². The van der Waals surface area contributed by atoms with Gasteiger partial charge in [-0.15, -0.1) is 0 Å². The molecule has 0 N–H and O–H groups in total. The zero-order valence-electron chi connectivity index (χ0n) is 17.5. The zero-order chi connectivity index (χ0) is 20.8. The van der Waals surface area contributed by atoms with Gasteiger partial charge in [-0.05, 0) is 73.1 Å². The molecule has 1 fully saturated rings. The highest BCUT2D eigenvalue weighted by Crippen LogP contribution is 2.50. The van der Waals surface area contributed by atoms with Crippen LogP contribution in [-0.4, -0.2) is 30.2 Å². The summed E-state index contributed by atoms with van der Waals surface area (Å²) in [7, 11) is 0. The van der Waals surface area contributed by atoms with E-state index in [4.69, 9.17) is 4.74 Å². The van der Waals surface area contributed by atoms with Crippen LogP contribution in [-0.2, 0) is 11.2 Å². The Morgan fingerprint density at radius 3 is 2.60 bits per heavy atom. The summed E-state index contributed by atoms with van der Waals surface area (Å²) in [6.07, 6.45) is 6.09. The van der Waals surface area contributed by atoms with Gasteiger partial charge < -0.3 is 4.74 Å². The highest BCUT2D eigenvalue weighted by Gasteiger charge is 2.44. The first-order chi connectivity index (χ1) is 14.6. The average molecular weight is 408 g/mol. The van der Waals surface area contributed by atoms with Crippen molar-refractivity contribution in [2.75, 3.05) is 13.2 Å². The number of halogens is 2. The Labute approximate surface area is 176 Å². The quantitative estimate of drug-likeness (QED) is 0.625. The van der Waals surface area contributed by atoms with Crippen LogP contribution >= 0.6 is 0 Å². The van der Waals surface area contributed by atoms with Gasteiger partial charge in [-0.25, -0.2) is 8.78 Å². The van der Waals surface area contributed by atoms with Crippen molar-refractivity contribution in [3.63, 3.8) is 0 Å². The second-order valence-corrected chi connectivity index (χ2v) is 8.66. The lowest BCUT2D eigenvalue weighted by Gasteiger charge is -2.45. The van der Waals surface area contributed by atoms with Crippen molar-refractivity contribution in [2.24, 2.45) is 0 Å². The van der Waals surface area contributed by atoms with Gasteiger partial charge in [-0.3, -0.25) is 4.90 Å². The smallest absolute Gasteiger partial charge is 0.131 e. The second-order valence-electron chi connectivity index (χ2n) is 8.66. The van der Waals surface area contributed by atoms with E-state index in [9.17, 15) is 0 Å². The van der Waals surface area contributed by atoms with E-state index in [0.717, 1.165) is 24.8 Å². The molecule has 0 saturated carbocycles. The summed E-state index contributed by atoms with van der Waals surface area (Å²) in [4.78, 5) is 2.33. The number of hydrogen-bond acceptors (Lipinski definition) is 2. The van der Waals surface area contributed by atoms with Crippen LogP contribution in [0.25, 0.3) is 11.6 Å². The highest BCUT2D eigenvalue weighted by atomic mass is 19.1. The monoisotopic (exact) mass is 407 g/mol. The number of allylic oxidation sites excluding steroid dienone is 1. The molecule has 3 atom stereocenters. The molecule has 4 heteroatoms. The molecule has 2 heterocycles. The second kappa shape index (κ2) is 7.75. The molecule has 0 amide bonds. The van der Waals surface area contributed by atoms with Crippen LogP contribution in [0.1, 0.15) is 55.0 Å². The van der Waals surface area contributed by atoms with Gasteiger partial charge in [-0.1, -0.05) is 36.4 Å². The van der Waals surface area contributed by atoms with Gasteiger partial charge >= 0.3 is 0 Å². The third-order valence-electron chi connectivity index (χ3n) is 6.81. The van der Waals surface area contributed by atoms with Crippen molar-refractivity contribution in [3.8, 4) is 0 Å². The molecule has 30 heavy (non-hydrogen) atoms. The number of benzene rings is 2. The molecule has 0 aromatic heterocycles. The maximum absolute atomic E-state index is 15.4. The fourth-order valence-corrected chi connectivity index (χ4v) is 5.60. The summed E-state index contributed by atoms with van der Waals surface area (Å²) in [5.74, 6) is -0.928. The van der Waals surface area contributed by atoms with E-state index in [-0.39, 0.29) is 17.6 Å². The van der Waals surface area contributed by atoms with E-state index in [0.29, 0.717) is 18.8 Å². The molecule has 0 radical (unpaired) electrons. The van der Waals surface area contributed by atoms with E-state index in [2.05, 4.69) is 30.0 Å². The third-order valence-corrected chi connectivity index (χ3v) is 6.81. The van der Waals surface area contributed by atoms with E-state index in [1.54, 1.807) is 12.2 Å². The summed E-state index contributed by atoms with van der Waals surface area (Å²) < 4.78 is 36.5. The number of nitrogens with zero attached hydrogens (tertiary/aromatic N) is 1. The van der Waals surface area contributed by atoms with E-state index < -0.39 is 17.7 Å². The normalized spacial score (nSPS) is 26.5. The number of ether oxygens (including phenoxy) is 1. The Morgan fingerprint density at radius 2 is 1.90 bits per heavy atom. The predicted octanol–water partition coefficient (Wildman–Crippen LogP) is 5.93. The minimum Gasteiger partial charge on any atom is -0.380 e. The summed E-state index contributed by atoms with van der Waals surface area (Å²) in [5.41, 5.74) is 5.67. The molecule has 0 spiro atoms. The Hall–Kier alpha value is -2.30. The maximum Gasteiger partial charge on any atom is 0.131 e. The minimum absolute atomic E-state index is 0.178. The molecule has 0 bridgehead atoms. The fourth-order valence-electron chi connectivity index (χ4n) is 5.60. The lowest BCUT2D eigenvalue weighted by atomic mass is 9.83. The van der Waals surface area contributed by atoms with Gasteiger partial charge in [0.15, 0.2) is 0 Å². The third kappa shape index (κ3) is 3.14. The molecular weight excluding hydrogens is 380 g/mol. The van der Waals surface area contributed by atoms with Crippen molar-refractivity contribution in [3.05, 3.63) is 81.9 Å². The van der Waals surface area contributed by atoms with Crippen LogP contribution in [0.4, 0.5) is 8.78 Å². The zero-order valence-corrected chi connectivity index (χ0v) is 17.5. The van der Waals surface area contributed by atoms with Crippen molar-refractivity contribution in [2.45, 2.75) is 51.2 Å². The lowest BCUT2D eigenvalue weighted by molar-refractivity contribution is 0.0778. The molecule has 2 nitrogen and oxygen atoms in total. The van der Waals surface area contributed by atoms with Crippen LogP contribution < -0.4 is 0 Å². The summed E-state index contributed by atoms with van der Waals surface area (Å²) in [5, 5.41) is 0. The summed E-state index contributed by atoms with van der Waals surface area (Å²) in [6, 6.07) is 11.3. The topological polar surface area (TPSA) is 12.5 Å². The molecule has 0 unspecified atom stereocenters. The lowest BCUT2D eigenvalue weighted by Crippen LogP contribution is -2.48. The van der Waals surface area contributed by atoms with Crippen molar-refractivity contribution >= 4 is 11.6 Å². The first-order valence-corrected chi connectivity index (χ1v) is 10.9. The molecule has 3 aliphatic rings. The Balaban J connectivity index is 1.68. The predicted molar refractivity (Wildman–Crippen MR) is 116 cm³/mol. The van der Waals surface area contributed by atoms with Crippen LogP contribution in [0.5, 0.6) is 0 Å². The van der Waals surface area contributed by atoms with Gasteiger partial charge in [-0.2, -0.15) is 0 Å². The fraction of sp³-hybridized carbons (Fsp3) is 0.385. The summed E-state index contributed by atoms with van der Waals surface area (Å²) >= 11 is 0. The van der Waals surface area contributed by atoms with E-state index in [1.165, 1.54) is 28.8 Å². The maximum atomic E-state index is 15.4. The van der Waals surface area contributed by atoms with Gasteiger partial charge in [0.05, 0.1) is 12.6 Å². The van der Waals surface area contributed by atoms with E-state index in [1.807, 2.05) is 13.0 Å². The number of hydrogen-bond donors (Lipinski definition) is 0. The van der Waals surface area contributed by atoms with Gasteiger partial charge in [0.1, 0.15) is 11.6 Å². The largest absolute Gasteiger partial charge is 0.380 e. The molecule has 1 saturated heterocycles.